The van der Waals surface area contributed by atoms with Crippen LogP contribution < -0.4 is 0 Å². The van der Waals surface area contributed by atoms with Crippen LogP contribution in [0.25, 0.3) is 0 Å². The zero-order valence-corrected chi connectivity index (χ0v) is 14.5. The molecule has 1 aliphatic carbocycles. The minimum Gasteiger partial charge on any atom is -0.381 e. The molecule has 2 aromatic heterocycles. The first kappa shape index (κ1) is 16.3. The van der Waals surface area contributed by atoms with Gasteiger partial charge in [0.1, 0.15) is 0 Å². The average Bonchev–Trinajstić information content (AvgIpc) is 3.20. The number of aryl methyl sites for hydroxylation is 1. The normalized spacial score (nSPS) is 23.2. The number of ether oxygens (including phenoxy) is 1. The van der Waals surface area contributed by atoms with E-state index in [-0.39, 0.29) is 11.8 Å². The number of imidazole rings is 1. The molecule has 3 heterocycles. The Morgan fingerprint density at radius 3 is 2.68 bits per heavy atom. The molecule has 6 nitrogen and oxygen atoms in total. The van der Waals surface area contributed by atoms with Crippen molar-refractivity contribution in [3.8, 4) is 0 Å². The molecule has 1 saturated heterocycles. The first-order chi connectivity index (χ1) is 12.2. The van der Waals surface area contributed by atoms with Crippen LogP contribution in [0.2, 0.25) is 0 Å². The Bertz CT molecular complexity index is 726. The van der Waals surface area contributed by atoms with E-state index in [1.54, 1.807) is 17.0 Å². The molecular weight excluding hydrogens is 316 g/mol. The molecule has 0 spiro atoms. The summed E-state index contributed by atoms with van der Waals surface area (Å²) in [5.74, 6) is 1.84. The van der Waals surface area contributed by atoms with Gasteiger partial charge in [0.25, 0.3) is 5.91 Å². The van der Waals surface area contributed by atoms with Gasteiger partial charge >= 0.3 is 0 Å². The number of carbonyl (C=O) groups excluding carboxylic acids is 1. The fourth-order valence-corrected chi connectivity index (χ4v) is 3.58. The van der Waals surface area contributed by atoms with Gasteiger partial charge in [0, 0.05) is 63.4 Å². The number of hydrogen-bond donors (Lipinski definition) is 0. The van der Waals surface area contributed by atoms with Gasteiger partial charge in [0.2, 0.25) is 0 Å². The van der Waals surface area contributed by atoms with E-state index in [1.165, 1.54) is 18.4 Å². The first-order valence-corrected chi connectivity index (χ1v) is 8.96. The smallest absolute Gasteiger partial charge is 0.289 e. The van der Waals surface area contributed by atoms with Gasteiger partial charge in [0.15, 0.2) is 5.82 Å². The fraction of sp³-hybridized carbons (Fsp3) is 0.526. The zero-order chi connectivity index (χ0) is 17.2. The Morgan fingerprint density at radius 1 is 1.20 bits per heavy atom. The summed E-state index contributed by atoms with van der Waals surface area (Å²) in [7, 11) is 1.85. The van der Waals surface area contributed by atoms with Crippen molar-refractivity contribution in [1.82, 2.24) is 19.4 Å². The molecule has 0 N–H and O–H groups in total. The number of hydrogen-bond acceptors (Lipinski definition) is 4. The van der Waals surface area contributed by atoms with E-state index >= 15 is 0 Å². The standard InChI is InChI=1S/C19H24N4O2/c1-22-9-8-21-18(22)19(24)23-10-16(13-25-12-14-2-3-14)17(11-23)15-4-6-20-7-5-15/h4-9,14,16-17H,2-3,10-13H2,1H3/t16-,17-/m0/s1. The lowest BCUT2D eigenvalue weighted by molar-refractivity contribution is 0.0727. The van der Waals surface area contributed by atoms with Gasteiger partial charge in [-0.05, 0) is 36.5 Å². The lowest BCUT2D eigenvalue weighted by Gasteiger charge is -2.18. The molecule has 0 radical (unpaired) electrons. The molecule has 2 aliphatic rings. The van der Waals surface area contributed by atoms with Crippen LogP contribution in [-0.4, -0.2) is 51.6 Å². The maximum absolute atomic E-state index is 12.8. The summed E-state index contributed by atoms with van der Waals surface area (Å²) in [6.45, 7) is 2.97. The Labute approximate surface area is 147 Å². The molecular formula is C19H24N4O2. The molecule has 0 aromatic carbocycles. The highest BCUT2D eigenvalue weighted by molar-refractivity contribution is 5.91. The molecule has 1 aliphatic heterocycles. The van der Waals surface area contributed by atoms with Gasteiger partial charge in [-0.3, -0.25) is 9.78 Å². The van der Waals surface area contributed by atoms with E-state index < -0.39 is 0 Å². The fourth-order valence-electron chi connectivity index (χ4n) is 3.58. The molecule has 6 heteroatoms. The van der Waals surface area contributed by atoms with Crippen molar-refractivity contribution >= 4 is 5.91 Å². The highest BCUT2D eigenvalue weighted by atomic mass is 16.5. The molecule has 1 saturated carbocycles. The number of likely N-dealkylation sites (tertiary alicyclic amines) is 1. The van der Waals surface area contributed by atoms with E-state index in [4.69, 9.17) is 4.74 Å². The zero-order valence-electron chi connectivity index (χ0n) is 14.5. The van der Waals surface area contributed by atoms with Crippen LogP contribution in [0.1, 0.15) is 34.9 Å². The third-order valence-electron chi connectivity index (χ3n) is 5.26. The second kappa shape index (κ2) is 6.96. The van der Waals surface area contributed by atoms with Crippen LogP contribution in [-0.2, 0) is 11.8 Å². The van der Waals surface area contributed by atoms with Crippen molar-refractivity contribution in [3.63, 3.8) is 0 Å². The van der Waals surface area contributed by atoms with E-state index in [2.05, 4.69) is 9.97 Å². The number of rotatable bonds is 6. The maximum atomic E-state index is 12.8. The Balaban J connectivity index is 1.48. The van der Waals surface area contributed by atoms with Crippen molar-refractivity contribution in [2.24, 2.45) is 18.9 Å². The molecule has 4 rings (SSSR count). The summed E-state index contributed by atoms with van der Waals surface area (Å²) in [5, 5.41) is 0. The average molecular weight is 340 g/mol. The minimum atomic E-state index is -0.00347. The van der Waals surface area contributed by atoms with Crippen molar-refractivity contribution in [2.45, 2.75) is 18.8 Å². The maximum Gasteiger partial charge on any atom is 0.289 e. The third kappa shape index (κ3) is 3.58. The molecule has 2 atom stereocenters. The molecule has 2 aromatic rings. The summed E-state index contributed by atoms with van der Waals surface area (Å²) in [5.41, 5.74) is 1.23. The van der Waals surface area contributed by atoms with Crippen molar-refractivity contribution in [2.75, 3.05) is 26.3 Å². The highest BCUT2D eigenvalue weighted by Gasteiger charge is 2.37. The second-order valence-electron chi connectivity index (χ2n) is 7.20. The monoisotopic (exact) mass is 340 g/mol. The molecule has 0 unspecified atom stereocenters. The van der Waals surface area contributed by atoms with E-state index in [0.717, 1.165) is 12.5 Å². The van der Waals surface area contributed by atoms with Crippen molar-refractivity contribution in [1.29, 1.82) is 0 Å². The Morgan fingerprint density at radius 2 is 2.00 bits per heavy atom. The van der Waals surface area contributed by atoms with E-state index in [9.17, 15) is 4.79 Å². The molecule has 1 amide bonds. The Kier molecular flexibility index (Phi) is 4.53. The van der Waals surface area contributed by atoms with Gasteiger partial charge in [-0.25, -0.2) is 4.98 Å². The molecule has 132 valence electrons. The summed E-state index contributed by atoms with van der Waals surface area (Å²) in [6, 6.07) is 4.10. The summed E-state index contributed by atoms with van der Waals surface area (Å²) >= 11 is 0. The second-order valence-corrected chi connectivity index (χ2v) is 7.20. The van der Waals surface area contributed by atoms with Gasteiger partial charge in [-0.2, -0.15) is 0 Å². The van der Waals surface area contributed by atoms with Crippen LogP contribution in [0, 0.1) is 11.8 Å². The first-order valence-electron chi connectivity index (χ1n) is 8.96. The van der Waals surface area contributed by atoms with Crippen LogP contribution in [0.3, 0.4) is 0 Å². The van der Waals surface area contributed by atoms with Crippen LogP contribution in [0.4, 0.5) is 0 Å². The number of aromatic nitrogens is 3. The number of nitrogens with zero attached hydrogens (tertiary/aromatic N) is 4. The van der Waals surface area contributed by atoms with Gasteiger partial charge in [-0.1, -0.05) is 0 Å². The topological polar surface area (TPSA) is 60.2 Å². The SMILES string of the molecule is Cn1ccnc1C(=O)N1C[C@@H](COCC2CC2)[C@H](c2ccncc2)C1. The van der Waals surface area contributed by atoms with E-state index in [1.807, 2.05) is 36.5 Å². The highest BCUT2D eigenvalue weighted by Crippen LogP contribution is 2.34. The largest absolute Gasteiger partial charge is 0.381 e. The summed E-state index contributed by atoms with van der Waals surface area (Å²) in [6.07, 6.45) is 9.70. The quantitative estimate of drug-likeness (QED) is 0.808. The minimum absolute atomic E-state index is 0.00347. The molecule has 0 bridgehead atoms. The Hall–Kier alpha value is -2.21. The third-order valence-corrected chi connectivity index (χ3v) is 5.26. The van der Waals surface area contributed by atoms with Gasteiger partial charge in [0.05, 0.1) is 6.61 Å². The lowest BCUT2D eigenvalue weighted by Crippen LogP contribution is -2.31. The number of carbonyl (C=O) groups is 1. The van der Waals surface area contributed by atoms with Crippen molar-refractivity contribution < 1.29 is 9.53 Å². The number of amides is 1. The lowest BCUT2D eigenvalue weighted by atomic mass is 9.90. The van der Waals surface area contributed by atoms with Gasteiger partial charge in [-0.15, -0.1) is 0 Å². The number of pyridine rings is 1. The van der Waals surface area contributed by atoms with Crippen LogP contribution >= 0.6 is 0 Å². The summed E-state index contributed by atoms with van der Waals surface area (Å²) < 4.78 is 7.74. The molecule has 25 heavy (non-hydrogen) atoms. The predicted octanol–water partition coefficient (Wildman–Crippen LogP) is 2.10. The van der Waals surface area contributed by atoms with Crippen molar-refractivity contribution in [3.05, 3.63) is 48.3 Å². The van der Waals surface area contributed by atoms with Gasteiger partial charge < -0.3 is 14.2 Å². The summed E-state index contributed by atoms with van der Waals surface area (Å²) in [4.78, 5) is 23.1. The van der Waals surface area contributed by atoms with E-state index in [0.29, 0.717) is 31.4 Å². The van der Waals surface area contributed by atoms with Crippen LogP contribution in [0.5, 0.6) is 0 Å². The molecule has 2 fully saturated rings. The van der Waals surface area contributed by atoms with Crippen LogP contribution in [0.15, 0.2) is 36.9 Å². The predicted molar refractivity (Wildman–Crippen MR) is 93.1 cm³/mol.